The van der Waals surface area contributed by atoms with E-state index in [0.717, 1.165) is 11.3 Å². The van der Waals surface area contributed by atoms with Gasteiger partial charge in [0.15, 0.2) is 6.61 Å². The van der Waals surface area contributed by atoms with Crippen molar-refractivity contribution in [2.75, 3.05) is 34.0 Å². The van der Waals surface area contributed by atoms with Crippen molar-refractivity contribution < 1.29 is 23.8 Å². The van der Waals surface area contributed by atoms with Gasteiger partial charge in [-0.2, -0.15) is 0 Å². The zero-order valence-corrected chi connectivity index (χ0v) is 11.7. The van der Waals surface area contributed by atoms with Crippen LogP contribution in [0.3, 0.4) is 0 Å². The number of amides is 1. The van der Waals surface area contributed by atoms with Crippen LogP contribution in [0.5, 0.6) is 5.75 Å². The molecule has 0 aliphatic rings. The Balaban J connectivity index is 2.19. The molecule has 1 amide bonds. The first kappa shape index (κ1) is 16.0. The zero-order valence-electron chi connectivity index (χ0n) is 11.7. The Labute approximate surface area is 118 Å². The third-order valence-electron chi connectivity index (χ3n) is 2.52. The third-order valence-corrected chi connectivity index (χ3v) is 2.52. The van der Waals surface area contributed by atoms with Gasteiger partial charge in [0.05, 0.1) is 7.11 Å². The van der Waals surface area contributed by atoms with E-state index >= 15 is 0 Å². The van der Waals surface area contributed by atoms with Crippen LogP contribution in [0.4, 0.5) is 0 Å². The third kappa shape index (κ3) is 6.19. The van der Waals surface area contributed by atoms with Crippen LogP contribution in [0.25, 0.3) is 0 Å². The van der Waals surface area contributed by atoms with E-state index in [1.54, 1.807) is 7.11 Å². The van der Waals surface area contributed by atoms with E-state index in [9.17, 15) is 9.59 Å². The van der Waals surface area contributed by atoms with E-state index in [1.807, 2.05) is 24.3 Å². The van der Waals surface area contributed by atoms with Crippen molar-refractivity contribution in [3.05, 3.63) is 29.8 Å². The Hall–Kier alpha value is -2.08. The summed E-state index contributed by atoms with van der Waals surface area (Å²) in [6, 6.07) is 7.60. The molecule has 0 radical (unpaired) electrons. The van der Waals surface area contributed by atoms with E-state index in [1.165, 1.54) is 7.11 Å². The van der Waals surface area contributed by atoms with Crippen molar-refractivity contribution in [2.24, 2.45) is 0 Å². The summed E-state index contributed by atoms with van der Waals surface area (Å²) in [6.45, 7) is 0.0386. The Bertz CT molecular complexity index is 430. The molecule has 1 N–H and O–H groups in total. The molecular formula is C14H19NO5. The summed E-state index contributed by atoms with van der Waals surface area (Å²) in [5.74, 6) is -0.0939. The van der Waals surface area contributed by atoms with Gasteiger partial charge in [-0.15, -0.1) is 0 Å². The Morgan fingerprint density at radius 1 is 1.10 bits per heavy atom. The number of nitrogens with one attached hydrogen (secondary N) is 1. The predicted molar refractivity (Wildman–Crippen MR) is 72.5 cm³/mol. The predicted octanol–water partition coefficient (Wildman–Crippen LogP) is 0.544. The molecule has 0 spiro atoms. The fourth-order valence-electron chi connectivity index (χ4n) is 1.50. The number of methoxy groups -OCH3 is 2. The average Bonchev–Trinajstić information content (AvgIpc) is 2.46. The first-order valence-corrected chi connectivity index (χ1v) is 6.20. The van der Waals surface area contributed by atoms with Gasteiger partial charge in [-0.1, -0.05) is 12.1 Å². The van der Waals surface area contributed by atoms with Gasteiger partial charge in [0.1, 0.15) is 12.4 Å². The molecule has 0 aliphatic heterocycles. The van der Waals surface area contributed by atoms with Crippen molar-refractivity contribution in [3.63, 3.8) is 0 Å². The van der Waals surface area contributed by atoms with Crippen LogP contribution in [-0.4, -0.2) is 45.9 Å². The highest BCUT2D eigenvalue weighted by molar-refractivity contribution is 5.80. The average molecular weight is 281 g/mol. The lowest BCUT2D eigenvalue weighted by atomic mass is 10.1. The first-order valence-electron chi connectivity index (χ1n) is 6.20. The minimum atomic E-state index is -0.558. The summed E-state index contributed by atoms with van der Waals surface area (Å²) in [4.78, 5) is 22.4. The van der Waals surface area contributed by atoms with Gasteiger partial charge < -0.3 is 19.5 Å². The fraction of sp³-hybridized carbons (Fsp3) is 0.429. The number of carbonyl (C=O) groups is 2. The zero-order chi connectivity index (χ0) is 14.8. The van der Waals surface area contributed by atoms with Crippen LogP contribution in [0.1, 0.15) is 5.56 Å². The summed E-state index contributed by atoms with van der Waals surface area (Å²) in [6.07, 6.45) is 0.696. The molecule has 1 aromatic rings. The lowest BCUT2D eigenvalue weighted by Gasteiger charge is -2.07. The monoisotopic (exact) mass is 281 g/mol. The maximum Gasteiger partial charge on any atom is 0.332 e. The number of hydrogen-bond acceptors (Lipinski definition) is 5. The Kier molecular flexibility index (Phi) is 7.13. The number of ether oxygens (including phenoxy) is 3. The second-order valence-corrected chi connectivity index (χ2v) is 4.04. The maximum absolute atomic E-state index is 11.4. The maximum atomic E-state index is 11.4. The van der Waals surface area contributed by atoms with Gasteiger partial charge in [0.2, 0.25) is 0 Å². The van der Waals surface area contributed by atoms with Gasteiger partial charge in [0, 0.05) is 13.7 Å². The molecule has 0 unspecified atom stereocenters. The topological polar surface area (TPSA) is 73.9 Å². The lowest BCUT2D eigenvalue weighted by Crippen LogP contribution is -2.31. The van der Waals surface area contributed by atoms with Crippen molar-refractivity contribution >= 4 is 11.9 Å². The quantitative estimate of drug-likeness (QED) is 0.704. The standard InChI is InChI=1S/C14H19NO5/c1-18-10-14(17)20-9-13(16)15-8-7-11-3-5-12(19-2)6-4-11/h3-6H,7-10H2,1-2H3,(H,15,16). The minimum Gasteiger partial charge on any atom is -0.497 e. The molecule has 1 rings (SSSR count). The molecule has 0 heterocycles. The minimum absolute atomic E-state index is 0.154. The van der Waals surface area contributed by atoms with Gasteiger partial charge >= 0.3 is 5.97 Å². The van der Waals surface area contributed by atoms with Crippen molar-refractivity contribution in [1.29, 1.82) is 0 Å². The van der Waals surface area contributed by atoms with Gasteiger partial charge in [0.25, 0.3) is 5.91 Å². The molecule has 0 atom stereocenters. The van der Waals surface area contributed by atoms with Crippen LogP contribution in [0.15, 0.2) is 24.3 Å². The molecular weight excluding hydrogens is 262 g/mol. The van der Waals surface area contributed by atoms with Crippen molar-refractivity contribution in [2.45, 2.75) is 6.42 Å². The molecule has 0 saturated heterocycles. The molecule has 6 heteroatoms. The number of rotatable bonds is 8. The molecule has 0 aliphatic carbocycles. The summed E-state index contributed by atoms with van der Waals surface area (Å²) in [5, 5.41) is 2.67. The summed E-state index contributed by atoms with van der Waals surface area (Å²) < 4.78 is 14.3. The molecule has 0 saturated carbocycles. The summed E-state index contributed by atoms with van der Waals surface area (Å²) in [5.41, 5.74) is 1.09. The molecule has 20 heavy (non-hydrogen) atoms. The van der Waals surface area contributed by atoms with Crippen molar-refractivity contribution in [1.82, 2.24) is 5.32 Å². The van der Waals surface area contributed by atoms with E-state index in [-0.39, 0.29) is 19.1 Å². The van der Waals surface area contributed by atoms with Crippen molar-refractivity contribution in [3.8, 4) is 5.75 Å². The van der Waals surface area contributed by atoms with Crippen LogP contribution < -0.4 is 10.1 Å². The second kappa shape index (κ2) is 8.92. The summed E-state index contributed by atoms with van der Waals surface area (Å²) >= 11 is 0. The first-order chi connectivity index (χ1) is 9.65. The highest BCUT2D eigenvalue weighted by Gasteiger charge is 2.06. The summed E-state index contributed by atoms with van der Waals surface area (Å²) in [7, 11) is 3.00. The van der Waals surface area contributed by atoms with E-state index in [0.29, 0.717) is 13.0 Å². The number of esters is 1. The SMILES string of the molecule is COCC(=O)OCC(=O)NCCc1ccc(OC)cc1. The van der Waals surface area contributed by atoms with Crippen LogP contribution in [0.2, 0.25) is 0 Å². The van der Waals surface area contributed by atoms with Gasteiger partial charge in [-0.25, -0.2) is 4.79 Å². The Morgan fingerprint density at radius 2 is 1.80 bits per heavy atom. The van der Waals surface area contributed by atoms with E-state index < -0.39 is 5.97 Å². The molecule has 6 nitrogen and oxygen atoms in total. The molecule has 1 aromatic carbocycles. The van der Waals surface area contributed by atoms with Crippen LogP contribution >= 0.6 is 0 Å². The molecule has 0 aromatic heterocycles. The smallest absolute Gasteiger partial charge is 0.332 e. The molecule has 110 valence electrons. The Morgan fingerprint density at radius 3 is 2.40 bits per heavy atom. The number of carbonyl (C=O) groups excluding carboxylic acids is 2. The number of hydrogen-bond donors (Lipinski definition) is 1. The lowest BCUT2D eigenvalue weighted by molar-refractivity contribution is -0.152. The highest BCUT2D eigenvalue weighted by atomic mass is 16.6. The largest absolute Gasteiger partial charge is 0.497 e. The second-order valence-electron chi connectivity index (χ2n) is 4.04. The van der Waals surface area contributed by atoms with Gasteiger partial charge in [-0.05, 0) is 24.1 Å². The van der Waals surface area contributed by atoms with E-state index in [2.05, 4.69) is 14.8 Å². The normalized spacial score (nSPS) is 9.90. The highest BCUT2D eigenvalue weighted by Crippen LogP contribution is 2.11. The molecule has 0 bridgehead atoms. The van der Waals surface area contributed by atoms with Crippen LogP contribution in [-0.2, 0) is 25.5 Å². The number of benzene rings is 1. The molecule has 0 fully saturated rings. The van der Waals surface area contributed by atoms with E-state index in [4.69, 9.17) is 4.74 Å². The van der Waals surface area contributed by atoms with Crippen LogP contribution in [0, 0.1) is 0 Å². The van der Waals surface area contributed by atoms with Gasteiger partial charge in [-0.3, -0.25) is 4.79 Å². The fourth-order valence-corrected chi connectivity index (χ4v) is 1.50.